The van der Waals surface area contributed by atoms with Crippen molar-refractivity contribution >= 4 is 11.7 Å². The third-order valence-corrected chi connectivity index (χ3v) is 2.68. The van der Waals surface area contributed by atoms with Gasteiger partial charge in [0.15, 0.2) is 11.5 Å². The Morgan fingerprint density at radius 2 is 1.80 bits per heavy atom. The Hall–Kier alpha value is -2.41. The van der Waals surface area contributed by atoms with Crippen LogP contribution in [0.25, 0.3) is 0 Å². The first-order valence-electron chi connectivity index (χ1n) is 5.93. The first-order valence-corrected chi connectivity index (χ1v) is 5.93. The van der Waals surface area contributed by atoms with Crippen molar-refractivity contribution in [3.05, 3.63) is 24.1 Å². The molecule has 0 saturated carbocycles. The van der Waals surface area contributed by atoms with E-state index in [1.165, 1.54) is 6.26 Å². The lowest BCUT2D eigenvalue weighted by atomic mass is 10.2. The van der Waals surface area contributed by atoms with Crippen molar-refractivity contribution in [1.82, 2.24) is 4.98 Å². The largest absolute Gasteiger partial charge is 0.493 e. The van der Waals surface area contributed by atoms with Crippen LogP contribution in [0, 0.1) is 0 Å². The van der Waals surface area contributed by atoms with E-state index in [-0.39, 0.29) is 0 Å². The van der Waals surface area contributed by atoms with Crippen LogP contribution in [0.1, 0.15) is 5.69 Å². The Labute approximate surface area is 116 Å². The van der Waals surface area contributed by atoms with Gasteiger partial charge >= 0.3 is 0 Å². The lowest BCUT2D eigenvalue weighted by Gasteiger charge is -2.13. The molecule has 1 heterocycles. The molecular weight excluding hydrogens is 262 g/mol. The van der Waals surface area contributed by atoms with Crippen LogP contribution in [0.3, 0.4) is 0 Å². The number of nitrogens with two attached hydrogens (primary N) is 1. The number of methoxy groups -OCH3 is 3. The zero-order chi connectivity index (χ0) is 14.5. The minimum Gasteiger partial charge on any atom is -0.493 e. The number of anilines is 2. The predicted octanol–water partition coefficient (Wildman–Crippen LogP) is 1.90. The van der Waals surface area contributed by atoms with Gasteiger partial charge in [-0.3, -0.25) is 0 Å². The van der Waals surface area contributed by atoms with Crippen molar-refractivity contribution in [3.8, 4) is 17.2 Å². The summed E-state index contributed by atoms with van der Waals surface area (Å²) >= 11 is 0. The van der Waals surface area contributed by atoms with E-state index in [0.717, 1.165) is 0 Å². The van der Waals surface area contributed by atoms with Crippen LogP contribution in [-0.2, 0) is 6.54 Å². The molecule has 3 N–H and O–H groups in total. The maximum absolute atomic E-state index is 5.48. The minimum absolute atomic E-state index is 0.320. The first kappa shape index (κ1) is 14.0. The van der Waals surface area contributed by atoms with Crippen molar-refractivity contribution in [2.24, 2.45) is 5.73 Å². The highest BCUT2D eigenvalue weighted by atomic mass is 16.5. The number of aromatic nitrogens is 1. The molecule has 1 aromatic heterocycles. The molecule has 0 aliphatic rings. The second-order valence-electron chi connectivity index (χ2n) is 3.89. The molecule has 0 spiro atoms. The Kier molecular flexibility index (Phi) is 4.31. The van der Waals surface area contributed by atoms with Crippen LogP contribution < -0.4 is 25.3 Å². The van der Waals surface area contributed by atoms with E-state index in [4.69, 9.17) is 24.4 Å². The normalized spacial score (nSPS) is 10.2. The molecule has 0 aliphatic carbocycles. The molecular formula is C13H17N3O4. The van der Waals surface area contributed by atoms with E-state index in [2.05, 4.69) is 10.3 Å². The second kappa shape index (κ2) is 6.16. The van der Waals surface area contributed by atoms with Crippen molar-refractivity contribution in [3.63, 3.8) is 0 Å². The summed E-state index contributed by atoms with van der Waals surface area (Å²) in [4.78, 5) is 4.16. The van der Waals surface area contributed by atoms with E-state index in [1.54, 1.807) is 33.5 Å². The van der Waals surface area contributed by atoms with E-state index in [1.807, 2.05) is 0 Å². The number of oxazole rings is 1. The van der Waals surface area contributed by atoms with Gasteiger partial charge in [-0.2, -0.15) is 4.98 Å². The van der Waals surface area contributed by atoms with E-state index in [0.29, 0.717) is 41.2 Å². The summed E-state index contributed by atoms with van der Waals surface area (Å²) in [5.74, 6) is 1.61. The third kappa shape index (κ3) is 2.77. The molecule has 0 amide bonds. The highest BCUT2D eigenvalue weighted by molar-refractivity contribution is 5.65. The van der Waals surface area contributed by atoms with Gasteiger partial charge in [-0.25, -0.2) is 0 Å². The lowest BCUT2D eigenvalue weighted by Crippen LogP contribution is -1.99. The van der Waals surface area contributed by atoms with Gasteiger partial charge in [-0.15, -0.1) is 0 Å². The number of ether oxygens (including phenoxy) is 3. The van der Waals surface area contributed by atoms with Gasteiger partial charge in [-0.05, 0) is 0 Å². The van der Waals surface area contributed by atoms with Gasteiger partial charge in [0.2, 0.25) is 5.75 Å². The number of benzene rings is 1. The summed E-state index contributed by atoms with van der Waals surface area (Å²) in [5, 5.41) is 3.01. The molecule has 0 fully saturated rings. The average molecular weight is 279 g/mol. The van der Waals surface area contributed by atoms with E-state index < -0.39 is 0 Å². The number of nitrogens with zero attached hydrogens (tertiary/aromatic N) is 1. The Morgan fingerprint density at radius 3 is 2.25 bits per heavy atom. The average Bonchev–Trinajstić information content (AvgIpc) is 2.93. The third-order valence-electron chi connectivity index (χ3n) is 2.68. The number of rotatable bonds is 6. The van der Waals surface area contributed by atoms with Gasteiger partial charge in [-0.1, -0.05) is 0 Å². The van der Waals surface area contributed by atoms with E-state index >= 15 is 0 Å². The van der Waals surface area contributed by atoms with Crippen LogP contribution in [0.2, 0.25) is 0 Å². The molecule has 2 rings (SSSR count). The summed E-state index contributed by atoms with van der Waals surface area (Å²) < 4.78 is 21.0. The zero-order valence-corrected chi connectivity index (χ0v) is 11.6. The maximum Gasteiger partial charge on any atom is 0.299 e. The quantitative estimate of drug-likeness (QED) is 0.834. The topological polar surface area (TPSA) is 91.8 Å². The molecule has 7 heteroatoms. The smallest absolute Gasteiger partial charge is 0.299 e. The molecule has 0 unspecified atom stereocenters. The highest BCUT2D eigenvalue weighted by Gasteiger charge is 2.14. The van der Waals surface area contributed by atoms with Crippen molar-refractivity contribution in [1.29, 1.82) is 0 Å². The Bertz CT molecular complexity index is 558. The number of nitrogens with one attached hydrogen (secondary N) is 1. The fourth-order valence-electron chi connectivity index (χ4n) is 1.73. The van der Waals surface area contributed by atoms with Gasteiger partial charge in [0, 0.05) is 24.4 Å². The molecule has 0 bridgehead atoms. The Balaban J connectivity index is 2.31. The maximum atomic E-state index is 5.48. The number of hydrogen-bond donors (Lipinski definition) is 2. The number of hydrogen-bond acceptors (Lipinski definition) is 7. The van der Waals surface area contributed by atoms with Crippen LogP contribution in [0.5, 0.6) is 17.2 Å². The van der Waals surface area contributed by atoms with Gasteiger partial charge in [0.1, 0.15) is 6.26 Å². The van der Waals surface area contributed by atoms with E-state index in [9.17, 15) is 0 Å². The SMILES string of the molecule is COc1cc(Nc2nc(CN)co2)cc(OC)c1OC. The summed E-state index contributed by atoms with van der Waals surface area (Å²) in [5.41, 5.74) is 6.84. The molecule has 0 aliphatic heterocycles. The second-order valence-corrected chi connectivity index (χ2v) is 3.89. The first-order chi connectivity index (χ1) is 9.71. The van der Waals surface area contributed by atoms with Crippen LogP contribution in [-0.4, -0.2) is 26.3 Å². The lowest BCUT2D eigenvalue weighted by molar-refractivity contribution is 0.324. The minimum atomic E-state index is 0.320. The van der Waals surface area contributed by atoms with Gasteiger partial charge in [0.05, 0.1) is 27.0 Å². The van der Waals surface area contributed by atoms with Gasteiger partial charge in [0.25, 0.3) is 6.01 Å². The summed E-state index contributed by atoms with van der Waals surface area (Å²) in [7, 11) is 4.66. The standard InChI is InChI=1S/C13H17N3O4/c1-17-10-4-8(5-11(18-2)12(10)19-3)15-13-16-9(6-14)7-20-13/h4-5,7H,6,14H2,1-3H3,(H,15,16). The van der Waals surface area contributed by atoms with Crippen molar-refractivity contribution < 1.29 is 18.6 Å². The molecule has 2 aromatic rings. The monoisotopic (exact) mass is 279 g/mol. The summed E-state index contributed by atoms with van der Waals surface area (Å²) in [6, 6.07) is 3.86. The summed E-state index contributed by atoms with van der Waals surface area (Å²) in [6.07, 6.45) is 1.50. The zero-order valence-electron chi connectivity index (χ0n) is 11.6. The fourth-order valence-corrected chi connectivity index (χ4v) is 1.73. The van der Waals surface area contributed by atoms with Crippen LogP contribution >= 0.6 is 0 Å². The highest BCUT2D eigenvalue weighted by Crippen LogP contribution is 2.40. The Morgan fingerprint density at radius 1 is 1.15 bits per heavy atom. The predicted molar refractivity (Wildman–Crippen MR) is 73.8 cm³/mol. The van der Waals surface area contributed by atoms with Crippen molar-refractivity contribution in [2.45, 2.75) is 6.54 Å². The molecule has 20 heavy (non-hydrogen) atoms. The summed E-state index contributed by atoms with van der Waals surface area (Å²) in [6.45, 7) is 0.320. The molecule has 1 aromatic carbocycles. The molecule has 0 radical (unpaired) electrons. The van der Waals surface area contributed by atoms with Crippen LogP contribution in [0.15, 0.2) is 22.8 Å². The molecule has 0 saturated heterocycles. The van der Waals surface area contributed by atoms with Crippen molar-refractivity contribution in [2.75, 3.05) is 26.6 Å². The van der Waals surface area contributed by atoms with Crippen LogP contribution in [0.4, 0.5) is 11.7 Å². The molecule has 7 nitrogen and oxygen atoms in total. The molecule has 108 valence electrons. The van der Waals surface area contributed by atoms with Gasteiger partial charge < -0.3 is 29.7 Å². The fraction of sp³-hybridized carbons (Fsp3) is 0.308. The molecule has 0 atom stereocenters.